The minimum absolute atomic E-state index is 0.230. The van der Waals surface area contributed by atoms with Gasteiger partial charge in [-0.1, -0.05) is 6.07 Å². The summed E-state index contributed by atoms with van der Waals surface area (Å²) in [6.07, 6.45) is 3.95. The second-order valence-corrected chi connectivity index (χ2v) is 9.16. The van der Waals surface area contributed by atoms with Crippen LogP contribution >= 0.6 is 0 Å². The molecule has 1 aliphatic rings. The molecule has 34 heavy (non-hydrogen) atoms. The van der Waals surface area contributed by atoms with Crippen LogP contribution < -0.4 is 10.1 Å². The van der Waals surface area contributed by atoms with Gasteiger partial charge in [-0.05, 0) is 81.3 Å². The van der Waals surface area contributed by atoms with Gasteiger partial charge in [0.2, 0.25) is 0 Å². The molecule has 0 unspecified atom stereocenters. The van der Waals surface area contributed by atoms with E-state index in [1.807, 2.05) is 50.2 Å². The van der Waals surface area contributed by atoms with Gasteiger partial charge < -0.3 is 14.8 Å². The van der Waals surface area contributed by atoms with E-state index in [0.29, 0.717) is 18.7 Å². The number of anilines is 2. The van der Waals surface area contributed by atoms with Crippen molar-refractivity contribution in [2.24, 2.45) is 4.99 Å². The fourth-order valence-corrected chi connectivity index (χ4v) is 3.86. The molecule has 0 amide bonds. The summed E-state index contributed by atoms with van der Waals surface area (Å²) in [7, 11) is 0. The van der Waals surface area contributed by atoms with Gasteiger partial charge in [-0.25, -0.2) is 9.97 Å². The van der Waals surface area contributed by atoms with E-state index in [2.05, 4.69) is 51.2 Å². The number of nitrogens with one attached hydrogen (secondary N) is 1. The van der Waals surface area contributed by atoms with E-state index >= 15 is 0 Å². The van der Waals surface area contributed by atoms with Crippen LogP contribution in [0, 0.1) is 13.8 Å². The summed E-state index contributed by atoms with van der Waals surface area (Å²) in [5, 5.41) is 4.39. The number of benzene rings is 2. The summed E-state index contributed by atoms with van der Waals surface area (Å²) >= 11 is 0. The lowest BCUT2D eigenvalue weighted by molar-refractivity contribution is 0.127. The fraction of sp³-hybridized carbons (Fsp3) is 0.259. The Labute approximate surface area is 198 Å². The van der Waals surface area contributed by atoms with Crippen molar-refractivity contribution >= 4 is 28.3 Å². The predicted molar refractivity (Wildman–Crippen MR) is 134 cm³/mol. The summed E-state index contributed by atoms with van der Waals surface area (Å²) in [4.78, 5) is 17.8. The number of hydrogen-bond donors (Lipinski definition) is 1. The topological polar surface area (TPSA) is 81.5 Å². The molecule has 0 bridgehead atoms. The molecule has 2 aromatic carbocycles. The summed E-state index contributed by atoms with van der Waals surface area (Å²) in [6.45, 7) is 8.76. The minimum Gasteiger partial charge on any atom is -0.473 e. The molecule has 0 aliphatic carbocycles. The zero-order chi connectivity index (χ0) is 23.7. The van der Waals surface area contributed by atoms with Crippen LogP contribution in [0.15, 0.2) is 66.0 Å². The molecule has 0 atom stereocenters. The van der Waals surface area contributed by atoms with E-state index in [0.717, 1.165) is 50.9 Å². The number of hydrogen-bond acceptors (Lipinski definition) is 7. The van der Waals surface area contributed by atoms with Crippen molar-refractivity contribution in [3.8, 4) is 11.5 Å². The molecule has 1 N–H and O–H groups in total. The number of nitrogens with zero attached hydrogens (tertiary/aromatic N) is 4. The second kappa shape index (κ2) is 8.74. The molecular weight excluding hydrogens is 426 g/mol. The summed E-state index contributed by atoms with van der Waals surface area (Å²) in [5.41, 5.74) is 4.63. The van der Waals surface area contributed by atoms with Crippen LogP contribution in [0.5, 0.6) is 11.5 Å². The third kappa shape index (κ3) is 4.83. The summed E-state index contributed by atoms with van der Waals surface area (Å²) in [5.74, 6) is 3.01. The third-order valence-electron chi connectivity index (χ3n) is 5.64. The van der Waals surface area contributed by atoms with Crippen LogP contribution in [0.1, 0.15) is 30.7 Å². The molecule has 5 rings (SSSR count). The standard InChI is InChI=1S/C27H27N5O2/c1-17-11-20(7-10-24(17)33-21-8-5-18(2)28-14-21)32-26-22-12-19(6-9-23(22)30-16-31-26)13-25-29-15-27(3,4)34-25/h5-12,14,16H,13,15H2,1-4H3,(H,30,31,32). The van der Waals surface area contributed by atoms with Gasteiger partial charge in [0.05, 0.1) is 18.3 Å². The van der Waals surface area contributed by atoms with Crippen molar-refractivity contribution in [1.29, 1.82) is 0 Å². The van der Waals surface area contributed by atoms with E-state index in [1.165, 1.54) is 0 Å². The van der Waals surface area contributed by atoms with E-state index < -0.39 is 0 Å². The van der Waals surface area contributed by atoms with Gasteiger partial charge in [0.15, 0.2) is 5.90 Å². The molecule has 7 nitrogen and oxygen atoms in total. The smallest absolute Gasteiger partial charge is 0.188 e. The quantitative estimate of drug-likeness (QED) is 0.390. The summed E-state index contributed by atoms with van der Waals surface area (Å²) < 4.78 is 11.9. The lowest BCUT2D eigenvalue weighted by Crippen LogP contribution is -2.24. The highest BCUT2D eigenvalue weighted by molar-refractivity contribution is 5.92. The Balaban J connectivity index is 1.36. The van der Waals surface area contributed by atoms with E-state index in [9.17, 15) is 0 Å². The Morgan fingerprint density at radius 1 is 1.00 bits per heavy atom. The first-order chi connectivity index (χ1) is 16.3. The van der Waals surface area contributed by atoms with Gasteiger partial charge >= 0.3 is 0 Å². The molecule has 3 heterocycles. The highest BCUT2D eigenvalue weighted by Crippen LogP contribution is 2.30. The van der Waals surface area contributed by atoms with Crippen LogP contribution in [-0.4, -0.2) is 33.0 Å². The zero-order valence-corrected chi connectivity index (χ0v) is 19.8. The van der Waals surface area contributed by atoms with Gasteiger partial charge in [0, 0.05) is 23.2 Å². The highest BCUT2D eigenvalue weighted by Gasteiger charge is 2.27. The Bertz CT molecular complexity index is 1380. The molecule has 0 spiro atoms. The first-order valence-corrected chi connectivity index (χ1v) is 11.3. The molecule has 0 saturated carbocycles. The van der Waals surface area contributed by atoms with Gasteiger partial charge in [0.1, 0.15) is 29.2 Å². The Hall–Kier alpha value is -4.00. The minimum atomic E-state index is -0.230. The van der Waals surface area contributed by atoms with Crippen molar-refractivity contribution < 1.29 is 9.47 Å². The summed E-state index contributed by atoms with van der Waals surface area (Å²) in [6, 6.07) is 16.0. The monoisotopic (exact) mass is 453 g/mol. The molecule has 0 radical (unpaired) electrons. The maximum absolute atomic E-state index is 5.99. The third-order valence-corrected chi connectivity index (χ3v) is 5.64. The average Bonchev–Trinajstić information content (AvgIpc) is 3.15. The van der Waals surface area contributed by atoms with Crippen LogP contribution in [0.4, 0.5) is 11.5 Å². The Morgan fingerprint density at radius 3 is 2.62 bits per heavy atom. The Kier molecular flexibility index (Phi) is 5.61. The average molecular weight is 454 g/mol. The largest absolute Gasteiger partial charge is 0.473 e. The zero-order valence-electron chi connectivity index (χ0n) is 19.8. The highest BCUT2D eigenvalue weighted by atomic mass is 16.5. The van der Waals surface area contributed by atoms with Crippen LogP contribution in [0.3, 0.4) is 0 Å². The molecule has 0 saturated heterocycles. The van der Waals surface area contributed by atoms with Crippen molar-refractivity contribution in [3.63, 3.8) is 0 Å². The number of ether oxygens (including phenoxy) is 2. The lowest BCUT2D eigenvalue weighted by Gasteiger charge is -2.17. The van der Waals surface area contributed by atoms with Gasteiger partial charge in [0.25, 0.3) is 0 Å². The normalized spacial score (nSPS) is 14.5. The number of aryl methyl sites for hydroxylation is 2. The van der Waals surface area contributed by atoms with E-state index in [4.69, 9.17) is 9.47 Å². The van der Waals surface area contributed by atoms with Gasteiger partial charge in [-0.2, -0.15) is 0 Å². The van der Waals surface area contributed by atoms with Gasteiger partial charge in [-0.3, -0.25) is 9.98 Å². The van der Waals surface area contributed by atoms with Gasteiger partial charge in [-0.15, -0.1) is 0 Å². The molecule has 4 aromatic rings. The molecule has 7 heteroatoms. The molecule has 172 valence electrons. The van der Waals surface area contributed by atoms with E-state index in [1.54, 1.807) is 12.5 Å². The lowest BCUT2D eigenvalue weighted by atomic mass is 10.1. The van der Waals surface area contributed by atoms with Crippen LogP contribution in [-0.2, 0) is 11.2 Å². The van der Waals surface area contributed by atoms with Crippen molar-refractivity contribution in [2.45, 2.75) is 39.7 Å². The molecule has 2 aromatic heterocycles. The van der Waals surface area contributed by atoms with Crippen LogP contribution in [0.25, 0.3) is 10.9 Å². The van der Waals surface area contributed by atoms with Crippen LogP contribution in [0.2, 0.25) is 0 Å². The number of rotatable bonds is 6. The number of fused-ring (bicyclic) bond motifs is 1. The molecular formula is C27H27N5O2. The van der Waals surface area contributed by atoms with Crippen molar-refractivity contribution in [2.75, 3.05) is 11.9 Å². The SMILES string of the molecule is Cc1ccc(Oc2ccc(Nc3ncnc4ccc(CC5=NCC(C)(C)O5)cc34)cc2C)cn1. The molecule has 1 aliphatic heterocycles. The van der Waals surface area contributed by atoms with E-state index in [-0.39, 0.29) is 5.60 Å². The number of pyridine rings is 1. The second-order valence-electron chi connectivity index (χ2n) is 9.16. The number of aromatic nitrogens is 3. The maximum Gasteiger partial charge on any atom is 0.188 e. The first kappa shape index (κ1) is 21.8. The predicted octanol–water partition coefficient (Wildman–Crippen LogP) is 5.93. The first-order valence-electron chi connectivity index (χ1n) is 11.3. The Morgan fingerprint density at radius 2 is 1.88 bits per heavy atom. The molecule has 0 fully saturated rings. The van der Waals surface area contributed by atoms with Crippen molar-refractivity contribution in [3.05, 3.63) is 77.9 Å². The van der Waals surface area contributed by atoms with Crippen molar-refractivity contribution in [1.82, 2.24) is 15.0 Å². The fourth-order valence-electron chi connectivity index (χ4n) is 3.86. The number of aliphatic imine (C=N–C) groups is 1. The maximum atomic E-state index is 5.99.